The maximum atomic E-state index is 14.0. The molecule has 0 spiro atoms. The van der Waals surface area contributed by atoms with Gasteiger partial charge in [0.05, 0.1) is 5.56 Å². The number of aromatic hydroxyl groups is 1. The molecule has 5 rings (SSSR count). The first-order valence-corrected chi connectivity index (χ1v) is 10.9. The summed E-state index contributed by atoms with van der Waals surface area (Å²) in [7, 11) is 0. The summed E-state index contributed by atoms with van der Waals surface area (Å²) in [5, 5.41) is 11.5. The van der Waals surface area contributed by atoms with Gasteiger partial charge in [0.2, 0.25) is 0 Å². The minimum atomic E-state index is -0.270. The molecular formula is C29H23N2O2+. The summed E-state index contributed by atoms with van der Waals surface area (Å²) in [5.41, 5.74) is 3.27. The smallest absolute Gasteiger partial charge is 0.354 e. The highest BCUT2D eigenvalue weighted by Gasteiger charge is 2.31. The molecule has 5 aromatic rings. The van der Waals surface area contributed by atoms with Crippen LogP contribution >= 0.6 is 0 Å². The molecule has 0 atom stereocenters. The van der Waals surface area contributed by atoms with Gasteiger partial charge in [0.25, 0.3) is 11.7 Å². The van der Waals surface area contributed by atoms with Crippen molar-refractivity contribution in [1.29, 1.82) is 0 Å². The van der Waals surface area contributed by atoms with Crippen LogP contribution < -0.4 is 10.1 Å². The van der Waals surface area contributed by atoms with E-state index < -0.39 is 0 Å². The van der Waals surface area contributed by atoms with Gasteiger partial charge in [0.1, 0.15) is 12.2 Å². The van der Waals surface area contributed by atoms with E-state index in [1.54, 1.807) is 4.57 Å². The van der Waals surface area contributed by atoms with Gasteiger partial charge in [-0.2, -0.15) is 9.13 Å². The Balaban J connectivity index is 1.91. The second-order valence-corrected chi connectivity index (χ2v) is 7.80. The van der Waals surface area contributed by atoms with E-state index in [0.29, 0.717) is 17.9 Å². The van der Waals surface area contributed by atoms with E-state index in [-0.39, 0.29) is 17.0 Å². The van der Waals surface area contributed by atoms with Crippen LogP contribution in [0.15, 0.2) is 126 Å². The Morgan fingerprint density at radius 2 is 1.12 bits per heavy atom. The minimum absolute atomic E-state index is 0.0545. The molecule has 4 aromatic carbocycles. The predicted molar refractivity (Wildman–Crippen MR) is 130 cm³/mol. The molecule has 0 amide bonds. The summed E-state index contributed by atoms with van der Waals surface area (Å²) in [6, 6.07) is 38.6. The zero-order valence-electron chi connectivity index (χ0n) is 18.0. The summed E-state index contributed by atoms with van der Waals surface area (Å²) in [4.78, 5) is 14.0. The second-order valence-electron chi connectivity index (χ2n) is 7.80. The van der Waals surface area contributed by atoms with Crippen LogP contribution in [0.4, 0.5) is 0 Å². The molecule has 0 bridgehead atoms. The van der Waals surface area contributed by atoms with E-state index in [4.69, 9.17) is 0 Å². The number of hydrogen-bond donors (Lipinski definition) is 1. The van der Waals surface area contributed by atoms with Gasteiger partial charge in [0, 0.05) is 0 Å². The summed E-state index contributed by atoms with van der Waals surface area (Å²) >= 11 is 0. The van der Waals surface area contributed by atoms with E-state index in [2.05, 4.69) is 0 Å². The molecule has 0 saturated carbocycles. The molecule has 1 aromatic heterocycles. The topological polar surface area (TPSA) is 46.1 Å². The van der Waals surface area contributed by atoms with Crippen LogP contribution in [0.1, 0.15) is 5.56 Å². The normalized spacial score (nSPS) is 10.8. The lowest BCUT2D eigenvalue weighted by molar-refractivity contribution is -0.686. The maximum Gasteiger partial charge on any atom is 0.354 e. The fraction of sp³-hybridized carbons (Fsp3) is 0.0345. The highest BCUT2D eigenvalue weighted by molar-refractivity contribution is 5.68. The zero-order valence-corrected chi connectivity index (χ0v) is 18.0. The Bertz CT molecular complexity index is 1430. The van der Waals surface area contributed by atoms with Crippen molar-refractivity contribution >= 4 is 0 Å². The first kappa shape index (κ1) is 20.5. The van der Waals surface area contributed by atoms with Gasteiger partial charge >= 0.3 is 5.56 Å². The summed E-state index contributed by atoms with van der Waals surface area (Å²) in [5.74, 6) is 0.564. The van der Waals surface area contributed by atoms with Gasteiger partial charge in [-0.15, -0.1) is 0 Å². The van der Waals surface area contributed by atoms with Crippen molar-refractivity contribution in [3.63, 3.8) is 0 Å². The van der Waals surface area contributed by atoms with E-state index in [1.807, 2.05) is 126 Å². The lowest BCUT2D eigenvalue weighted by atomic mass is 10.1. The van der Waals surface area contributed by atoms with Gasteiger partial charge in [-0.1, -0.05) is 97.1 Å². The van der Waals surface area contributed by atoms with Gasteiger partial charge in [-0.25, -0.2) is 4.79 Å². The van der Waals surface area contributed by atoms with E-state index in [9.17, 15) is 9.90 Å². The van der Waals surface area contributed by atoms with Crippen molar-refractivity contribution in [2.75, 3.05) is 0 Å². The van der Waals surface area contributed by atoms with Crippen LogP contribution in [0.3, 0.4) is 0 Å². The Morgan fingerprint density at radius 1 is 0.636 bits per heavy atom. The predicted octanol–water partition coefficient (Wildman–Crippen LogP) is 5.21. The lowest BCUT2D eigenvalue weighted by Crippen LogP contribution is -2.44. The average Bonchev–Trinajstić information content (AvgIpc) is 2.88. The average molecular weight is 432 g/mol. The number of benzene rings is 4. The fourth-order valence-corrected chi connectivity index (χ4v) is 4.12. The third-order valence-corrected chi connectivity index (χ3v) is 5.66. The molecule has 160 valence electrons. The quantitative estimate of drug-likeness (QED) is 0.388. The van der Waals surface area contributed by atoms with Gasteiger partial charge in [0.15, 0.2) is 5.56 Å². The summed E-state index contributed by atoms with van der Waals surface area (Å²) < 4.78 is 3.52. The van der Waals surface area contributed by atoms with E-state index >= 15 is 0 Å². The second kappa shape index (κ2) is 8.97. The van der Waals surface area contributed by atoms with Gasteiger partial charge in [-0.05, 0) is 35.4 Å². The standard InChI is InChI=1S/C29H22N2O2/c32-28-26(23-15-7-2-8-16-23)29(33)31(25-19-11-4-12-20-25)27(24-17-9-3-10-18-24)30(28)21-22-13-5-1-6-14-22/h1-20H,21H2/p+1. The van der Waals surface area contributed by atoms with Crippen LogP contribution in [-0.4, -0.2) is 9.67 Å². The highest BCUT2D eigenvalue weighted by atomic mass is 16.3. The fourth-order valence-electron chi connectivity index (χ4n) is 4.12. The largest absolute Gasteiger partial charge is 0.477 e. The molecule has 0 aliphatic rings. The van der Waals surface area contributed by atoms with Crippen molar-refractivity contribution < 1.29 is 9.67 Å². The molecule has 33 heavy (non-hydrogen) atoms. The van der Waals surface area contributed by atoms with Crippen LogP contribution in [0.25, 0.3) is 28.2 Å². The Hall–Kier alpha value is -4.44. The number of nitrogens with zero attached hydrogens (tertiary/aromatic N) is 2. The molecule has 1 heterocycles. The van der Waals surface area contributed by atoms with Crippen LogP contribution in [0.5, 0.6) is 5.88 Å². The van der Waals surface area contributed by atoms with Gasteiger partial charge < -0.3 is 5.11 Å². The third-order valence-electron chi connectivity index (χ3n) is 5.66. The van der Waals surface area contributed by atoms with Crippen LogP contribution in [-0.2, 0) is 6.54 Å². The minimum Gasteiger partial charge on any atom is -0.477 e. The molecule has 4 heteroatoms. The monoisotopic (exact) mass is 431 g/mol. The highest BCUT2D eigenvalue weighted by Crippen LogP contribution is 2.28. The first-order chi connectivity index (χ1) is 16.2. The maximum absolute atomic E-state index is 14.0. The molecule has 0 radical (unpaired) electrons. The molecular weight excluding hydrogens is 408 g/mol. The zero-order chi connectivity index (χ0) is 22.6. The van der Waals surface area contributed by atoms with Crippen molar-refractivity contribution in [1.82, 2.24) is 4.57 Å². The van der Waals surface area contributed by atoms with Crippen molar-refractivity contribution in [3.05, 3.63) is 137 Å². The van der Waals surface area contributed by atoms with Gasteiger partial charge in [-0.3, -0.25) is 0 Å². The lowest BCUT2D eigenvalue weighted by Gasteiger charge is -2.16. The molecule has 1 N–H and O–H groups in total. The molecule has 0 unspecified atom stereocenters. The number of aromatic nitrogens is 2. The number of rotatable bonds is 5. The van der Waals surface area contributed by atoms with Crippen molar-refractivity contribution in [3.8, 4) is 34.1 Å². The molecule has 4 nitrogen and oxygen atoms in total. The Kier molecular flexibility index (Phi) is 5.56. The van der Waals surface area contributed by atoms with Crippen molar-refractivity contribution in [2.45, 2.75) is 6.54 Å². The van der Waals surface area contributed by atoms with Crippen LogP contribution in [0.2, 0.25) is 0 Å². The molecule has 0 aliphatic heterocycles. The number of para-hydroxylation sites is 1. The number of hydrogen-bond acceptors (Lipinski definition) is 2. The summed E-state index contributed by atoms with van der Waals surface area (Å²) in [6.45, 7) is 0.407. The first-order valence-electron chi connectivity index (χ1n) is 10.9. The van der Waals surface area contributed by atoms with E-state index in [0.717, 1.165) is 16.8 Å². The molecule has 0 aliphatic carbocycles. The third kappa shape index (κ3) is 3.94. The molecule has 0 fully saturated rings. The SMILES string of the molecule is O=c1c(-c2ccccc2)c(O)[n+](Cc2ccccc2)c(-c2ccccc2)n1-c1ccccc1. The Morgan fingerprint density at radius 3 is 1.70 bits per heavy atom. The van der Waals surface area contributed by atoms with E-state index in [1.165, 1.54) is 0 Å². The molecule has 0 saturated heterocycles. The van der Waals surface area contributed by atoms with Crippen LogP contribution in [0, 0.1) is 0 Å². The Labute approximate surface area is 192 Å². The van der Waals surface area contributed by atoms with Crippen molar-refractivity contribution in [2.24, 2.45) is 0 Å². The summed E-state index contributed by atoms with van der Waals surface area (Å²) in [6.07, 6.45) is 0.